The van der Waals surface area contributed by atoms with Crippen LogP contribution in [0.1, 0.15) is 20.3 Å². The van der Waals surface area contributed by atoms with E-state index in [1.807, 2.05) is 0 Å². The molecule has 4 amide bonds. The smallest absolute Gasteiger partial charge is 0.331 e. The van der Waals surface area contributed by atoms with Gasteiger partial charge in [-0.15, -0.1) is 0 Å². The van der Waals surface area contributed by atoms with Crippen molar-refractivity contribution in [3.05, 3.63) is 11.1 Å². The van der Waals surface area contributed by atoms with Gasteiger partial charge in [-0.25, -0.2) is 9.59 Å². The summed E-state index contributed by atoms with van der Waals surface area (Å²) in [6, 6.07) is -0.571. The minimum atomic E-state index is -1.16. The number of carbonyl (C=O) groups excluding carboxylic acids is 3. The lowest BCUT2D eigenvalue weighted by atomic mass is 9.99. The predicted molar refractivity (Wildman–Crippen MR) is 66.6 cm³/mol. The highest BCUT2D eigenvalue weighted by Crippen LogP contribution is 2.26. The molecule has 2 rings (SSSR count). The van der Waals surface area contributed by atoms with Crippen LogP contribution in [0.25, 0.3) is 0 Å². The number of imide groups is 1. The molecule has 20 heavy (non-hydrogen) atoms. The summed E-state index contributed by atoms with van der Waals surface area (Å²) in [5.41, 5.74) is -0.986. The lowest BCUT2D eigenvalue weighted by Gasteiger charge is -2.21. The molecule has 1 unspecified atom stereocenters. The van der Waals surface area contributed by atoms with Crippen molar-refractivity contribution in [2.24, 2.45) is 0 Å². The van der Waals surface area contributed by atoms with Gasteiger partial charge >= 0.3 is 12.0 Å². The van der Waals surface area contributed by atoms with Gasteiger partial charge in [-0.05, 0) is 20.3 Å². The maximum atomic E-state index is 12.2. The highest BCUT2D eigenvalue weighted by molar-refractivity contribution is 6.08. The Bertz CT molecular complexity index is 553. The molecule has 0 aliphatic carbocycles. The first-order valence-corrected chi connectivity index (χ1v) is 6.10. The van der Waals surface area contributed by atoms with Gasteiger partial charge in [0.05, 0.1) is 6.54 Å². The molecule has 0 aromatic rings. The van der Waals surface area contributed by atoms with Gasteiger partial charge in [-0.2, -0.15) is 0 Å². The van der Waals surface area contributed by atoms with Crippen molar-refractivity contribution in [3.8, 4) is 0 Å². The lowest BCUT2D eigenvalue weighted by molar-refractivity contribution is -0.134. The Labute approximate surface area is 114 Å². The van der Waals surface area contributed by atoms with Gasteiger partial charge in [0.15, 0.2) is 0 Å². The molecule has 1 spiro atoms. The molecule has 3 N–H and O–H groups in total. The van der Waals surface area contributed by atoms with Crippen molar-refractivity contribution in [3.63, 3.8) is 0 Å². The number of amides is 4. The van der Waals surface area contributed by atoms with Crippen molar-refractivity contribution < 1.29 is 24.3 Å². The number of nitrogens with one attached hydrogen (secondary N) is 2. The van der Waals surface area contributed by atoms with E-state index < -0.39 is 29.4 Å². The Morgan fingerprint density at radius 2 is 1.90 bits per heavy atom. The molecule has 0 aromatic carbocycles. The number of hydrogen-bond acceptors (Lipinski definition) is 4. The fourth-order valence-electron chi connectivity index (χ4n) is 2.36. The number of nitrogens with zero attached hydrogens (tertiary/aromatic N) is 1. The molecule has 2 saturated heterocycles. The third-order valence-electron chi connectivity index (χ3n) is 3.78. The third-order valence-corrected chi connectivity index (χ3v) is 3.78. The second-order valence-corrected chi connectivity index (χ2v) is 5.02. The number of hydrogen-bond donors (Lipinski definition) is 3. The average molecular weight is 281 g/mol. The number of rotatable bonds is 2. The van der Waals surface area contributed by atoms with Gasteiger partial charge < -0.3 is 15.3 Å². The Morgan fingerprint density at radius 3 is 2.40 bits per heavy atom. The Balaban J connectivity index is 2.16. The van der Waals surface area contributed by atoms with Gasteiger partial charge in [0, 0.05) is 17.7 Å². The van der Waals surface area contributed by atoms with Crippen LogP contribution in [0.5, 0.6) is 0 Å². The number of aliphatic carboxylic acids is 1. The maximum absolute atomic E-state index is 12.2. The van der Waals surface area contributed by atoms with Gasteiger partial charge in [-0.3, -0.25) is 14.9 Å². The van der Waals surface area contributed by atoms with E-state index in [4.69, 9.17) is 5.11 Å². The summed E-state index contributed by atoms with van der Waals surface area (Å²) in [5.74, 6) is -2.04. The topological polar surface area (TPSA) is 116 Å². The van der Waals surface area contributed by atoms with Crippen molar-refractivity contribution in [2.75, 3.05) is 13.1 Å². The normalized spacial score (nSPS) is 26.4. The number of urea groups is 1. The van der Waals surface area contributed by atoms with Crippen molar-refractivity contribution in [2.45, 2.75) is 25.8 Å². The summed E-state index contributed by atoms with van der Waals surface area (Å²) in [5, 5.41) is 13.6. The second kappa shape index (κ2) is 4.62. The monoisotopic (exact) mass is 281 g/mol. The fraction of sp³-hybridized carbons (Fsp3) is 0.500. The largest absolute Gasteiger partial charge is 0.478 e. The van der Waals surface area contributed by atoms with E-state index in [-0.39, 0.29) is 24.2 Å². The van der Waals surface area contributed by atoms with Crippen molar-refractivity contribution in [1.29, 1.82) is 0 Å². The molecule has 2 aliphatic rings. The van der Waals surface area contributed by atoms with Gasteiger partial charge in [0.25, 0.3) is 5.91 Å². The predicted octanol–water partition coefficient (Wildman–Crippen LogP) is -0.782. The summed E-state index contributed by atoms with van der Waals surface area (Å²) >= 11 is 0. The van der Waals surface area contributed by atoms with Gasteiger partial charge in [0.1, 0.15) is 5.54 Å². The first kappa shape index (κ1) is 14.0. The quantitative estimate of drug-likeness (QED) is 0.453. The van der Waals surface area contributed by atoms with Crippen LogP contribution < -0.4 is 10.6 Å². The molecular formula is C12H15N3O5. The van der Waals surface area contributed by atoms with E-state index in [0.29, 0.717) is 6.42 Å². The van der Waals surface area contributed by atoms with Crippen LogP contribution in [0.2, 0.25) is 0 Å². The number of carbonyl (C=O) groups is 4. The van der Waals surface area contributed by atoms with Crippen molar-refractivity contribution in [1.82, 2.24) is 15.5 Å². The summed E-state index contributed by atoms with van der Waals surface area (Å²) in [4.78, 5) is 47.4. The summed E-state index contributed by atoms with van der Waals surface area (Å²) in [7, 11) is 0. The minimum absolute atomic E-state index is 0.0316. The zero-order valence-electron chi connectivity index (χ0n) is 11.1. The van der Waals surface area contributed by atoms with E-state index in [9.17, 15) is 19.2 Å². The van der Waals surface area contributed by atoms with Crippen LogP contribution in [0, 0.1) is 0 Å². The molecule has 0 bridgehead atoms. The number of carboxylic acids is 1. The highest BCUT2D eigenvalue weighted by atomic mass is 16.4. The molecule has 8 nitrogen and oxygen atoms in total. The Kier molecular flexibility index (Phi) is 3.24. The molecule has 108 valence electrons. The molecule has 2 aliphatic heterocycles. The molecule has 0 saturated carbocycles. The van der Waals surface area contributed by atoms with E-state index >= 15 is 0 Å². The second-order valence-electron chi connectivity index (χ2n) is 5.02. The zero-order valence-corrected chi connectivity index (χ0v) is 11.1. The molecule has 2 fully saturated rings. The summed E-state index contributed by atoms with van der Waals surface area (Å²) < 4.78 is 0. The van der Waals surface area contributed by atoms with Crippen LogP contribution in [0.3, 0.4) is 0 Å². The number of carboxylic acid groups (broad SMARTS) is 1. The van der Waals surface area contributed by atoms with E-state index in [1.54, 1.807) is 0 Å². The maximum Gasteiger partial charge on any atom is 0.331 e. The first-order chi connectivity index (χ1) is 9.27. The Hall–Kier alpha value is -2.38. The third kappa shape index (κ3) is 2.13. The number of likely N-dealkylation sites (tertiary alicyclic amines) is 1. The fourth-order valence-corrected chi connectivity index (χ4v) is 2.36. The van der Waals surface area contributed by atoms with Gasteiger partial charge in [0.2, 0.25) is 5.91 Å². The van der Waals surface area contributed by atoms with Crippen LogP contribution in [-0.2, 0) is 14.4 Å². The molecule has 8 heteroatoms. The van der Waals surface area contributed by atoms with Gasteiger partial charge in [-0.1, -0.05) is 0 Å². The minimum Gasteiger partial charge on any atom is -0.478 e. The van der Waals surface area contributed by atoms with Crippen LogP contribution in [0.4, 0.5) is 4.79 Å². The highest BCUT2D eigenvalue weighted by Gasteiger charge is 2.51. The first-order valence-electron chi connectivity index (χ1n) is 6.10. The van der Waals surface area contributed by atoms with E-state index in [2.05, 4.69) is 10.6 Å². The van der Waals surface area contributed by atoms with E-state index in [1.165, 1.54) is 18.7 Å². The lowest BCUT2D eigenvalue weighted by Crippen LogP contribution is -2.49. The molecule has 0 aromatic heterocycles. The van der Waals surface area contributed by atoms with Crippen molar-refractivity contribution >= 4 is 23.8 Å². The standard InChI is InChI=1S/C12H15N3O5/c1-6(7(2)9(17)18)8(16)15-4-3-12(5-15)10(19)13-11(20)14-12/h3-5H2,1-2H3,(H,17,18)(H2,13,14,19,20). The molecular weight excluding hydrogens is 266 g/mol. The summed E-state index contributed by atoms with van der Waals surface area (Å²) in [6.45, 7) is 3.12. The average Bonchev–Trinajstić information content (AvgIpc) is 2.92. The zero-order chi connectivity index (χ0) is 15.1. The van der Waals surface area contributed by atoms with E-state index in [0.717, 1.165) is 0 Å². The van der Waals surface area contributed by atoms with Crippen LogP contribution >= 0.6 is 0 Å². The summed E-state index contributed by atoms with van der Waals surface area (Å²) in [6.07, 6.45) is 0.315. The Morgan fingerprint density at radius 1 is 1.25 bits per heavy atom. The molecule has 1 atom stereocenters. The van der Waals surface area contributed by atoms with Crippen LogP contribution in [-0.4, -0.2) is 52.4 Å². The SMILES string of the molecule is CC(C(=O)O)=C(C)C(=O)N1CCC2(C1)NC(=O)NC2=O. The molecule has 0 radical (unpaired) electrons. The van der Waals surface area contributed by atoms with Crippen LogP contribution in [0.15, 0.2) is 11.1 Å². The molecule has 2 heterocycles.